The summed E-state index contributed by atoms with van der Waals surface area (Å²) in [6.45, 7) is 6.32. The van der Waals surface area contributed by atoms with Crippen molar-refractivity contribution in [3.63, 3.8) is 0 Å². The molecule has 0 aromatic carbocycles. The van der Waals surface area contributed by atoms with E-state index < -0.39 is 18.2 Å². The van der Waals surface area contributed by atoms with E-state index in [1.165, 1.54) is 103 Å². The summed E-state index contributed by atoms with van der Waals surface area (Å²) in [7, 11) is 0. The molecule has 6 nitrogen and oxygen atoms in total. The van der Waals surface area contributed by atoms with Gasteiger partial charge in [0.05, 0.1) is 25.2 Å². The summed E-state index contributed by atoms with van der Waals surface area (Å²) < 4.78 is 5.89. The minimum absolute atomic E-state index is 0.0482. The van der Waals surface area contributed by atoms with Gasteiger partial charge in [0.1, 0.15) is 6.10 Å². The van der Waals surface area contributed by atoms with Crippen molar-refractivity contribution in [2.24, 2.45) is 0 Å². The third kappa shape index (κ3) is 38.7. The van der Waals surface area contributed by atoms with Crippen LogP contribution in [0, 0.1) is 0 Å². The highest BCUT2D eigenvalue weighted by molar-refractivity contribution is 5.77. The maximum absolute atomic E-state index is 13.1. The van der Waals surface area contributed by atoms with E-state index in [9.17, 15) is 19.8 Å². The van der Waals surface area contributed by atoms with Crippen LogP contribution in [0.5, 0.6) is 0 Å². The molecule has 3 atom stereocenters. The molecule has 0 aromatic rings. The molecule has 0 rings (SSSR count). The van der Waals surface area contributed by atoms with Crippen molar-refractivity contribution in [1.29, 1.82) is 0 Å². The molecule has 0 aliphatic rings. The Bertz CT molecular complexity index is 972. The molecule has 326 valence electrons. The Labute approximate surface area is 346 Å². The van der Waals surface area contributed by atoms with Gasteiger partial charge in [-0.2, -0.15) is 0 Å². The molecule has 0 radical (unpaired) electrons. The number of rotatable bonds is 42. The lowest BCUT2D eigenvalue weighted by molar-refractivity contribution is -0.151. The minimum atomic E-state index is -0.796. The molecule has 3 unspecified atom stereocenters. The fourth-order valence-corrected chi connectivity index (χ4v) is 7.03. The van der Waals surface area contributed by atoms with E-state index in [0.717, 1.165) is 83.5 Å². The van der Waals surface area contributed by atoms with Crippen molar-refractivity contribution in [3.05, 3.63) is 48.6 Å². The number of unbranched alkanes of at least 4 members (excludes halogenated alkanes) is 22. The van der Waals surface area contributed by atoms with Gasteiger partial charge in [-0.25, -0.2) is 0 Å². The largest absolute Gasteiger partial charge is 0.462 e. The lowest BCUT2D eigenvalue weighted by atomic mass is 10.0. The van der Waals surface area contributed by atoms with Crippen LogP contribution in [0.4, 0.5) is 0 Å². The van der Waals surface area contributed by atoms with Gasteiger partial charge in [-0.1, -0.05) is 185 Å². The summed E-state index contributed by atoms with van der Waals surface area (Å²) in [4.78, 5) is 26.0. The molecule has 0 saturated carbocycles. The second-order valence-corrected chi connectivity index (χ2v) is 16.1. The summed E-state index contributed by atoms with van der Waals surface area (Å²) in [5, 5.41) is 23.6. The van der Waals surface area contributed by atoms with Crippen LogP contribution in [0.15, 0.2) is 48.6 Å². The maximum atomic E-state index is 13.1. The zero-order chi connectivity index (χ0) is 41.0. The predicted octanol–water partition coefficient (Wildman–Crippen LogP) is 13.9. The van der Waals surface area contributed by atoms with Crippen LogP contribution in [0.2, 0.25) is 0 Å². The monoisotopic (exact) mass is 786 g/mol. The van der Waals surface area contributed by atoms with Gasteiger partial charge in [-0.15, -0.1) is 0 Å². The van der Waals surface area contributed by atoms with Crippen LogP contribution in [0.1, 0.15) is 233 Å². The quantitative estimate of drug-likeness (QED) is 0.0325. The molecule has 6 heteroatoms. The number of nitrogens with one attached hydrogen (secondary N) is 1. The Morgan fingerprint density at radius 3 is 1.50 bits per heavy atom. The molecule has 1 amide bonds. The van der Waals surface area contributed by atoms with Gasteiger partial charge in [0.2, 0.25) is 5.91 Å². The molecular weight excluding hydrogens is 695 g/mol. The van der Waals surface area contributed by atoms with Gasteiger partial charge >= 0.3 is 5.97 Å². The Balaban J connectivity index is 4.62. The summed E-state index contributed by atoms with van der Waals surface area (Å²) in [5.41, 5.74) is 0. The van der Waals surface area contributed by atoms with E-state index in [1.807, 2.05) is 0 Å². The number of carbonyl (C=O) groups excluding carboxylic acids is 2. The molecule has 0 aromatic heterocycles. The summed E-state index contributed by atoms with van der Waals surface area (Å²) >= 11 is 0. The lowest BCUT2D eigenvalue weighted by Crippen LogP contribution is -2.46. The van der Waals surface area contributed by atoms with Crippen molar-refractivity contribution in [2.75, 3.05) is 6.61 Å². The van der Waals surface area contributed by atoms with Crippen molar-refractivity contribution in [1.82, 2.24) is 5.32 Å². The Morgan fingerprint density at radius 1 is 0.536 bits per heavy atom. The van der Waals surface area contributed by atoms with E-state index in [4.69, 9.17) is 4.74 Å². The third-order valence-corrected chi connectivity index (χ3v) is 10.6. The fraction of sp³-hybridized carbons (Fsp3) is 0.800. The third-order valence-electron chi connectivity index (χ3n) is 10.6. The number of hydrogen-bond acceptors (Lipinski definition) is 5. The van der Waals surface area contributed by atoms with Crippen molar-refractivity contribution in [2.45, 2.75) is 251 Å². The zero-order valence-electron chi connectivity index (χ0n) is 37.0. The number of allylic oxidation sites excluding steroid dienone is 8. The highest BCUT2D eigenvalue weighted by Gasteiger charge is 2.24. The fourth-order valence-electron chi connectivity index (χ4n) is 7.03. The average molecular weight is 786 g/mol. The number of carbonyl (C=O) groups is 2. The van der Waals surface area contributed by atoms with Crippen molar-refractivity contribution in [3.8, 4) is 0 Å². The summed E-state index contributed by atoms with van der Waals surface area (Å²) in [6, 6.07) is -0.713. The van der Waals surface area contributed by atoms with E-state index >= 15 is 0 Å². The van der Waals surface area contributed by atoms with Gasteiger partial charge < -0.3 is 20.3 Å². The summed E-state index contributed by atoms with van der Waals surface area (Å²) in [6.07, 6.45) is 51.8. The van der Waals surface area contributed by atoms with Crippen LogP contribution in [0.25, 0.3) is 0 Å². The Hall–Kier alpha value is -2.18. The van der Waals surface area contributed by atoms with Crippen LogP contribution < -0.4 is 5.32 Å². The SMILES string of the molecule is CC/C=C/C/C=C/C/C=C/CCCCC(CC(=O)NC(CO)C(O)CCCCCCCCCCC)OC(=O)CCCCCCC/C=C/CCCCCCCCC. The Morgan fingerprint density at radius 2 is 0.964 bits per heavy atom. The normalized spacial score (nSPS) is 13.7. The van der Waals surface area contributed by atoms with Crippen molar-refractivity contribution < 1.29 is 24.5 Å². The van der Waals surface area contributed by atoms with Crippen LogP contribution in [0.3, 0.4) is 0 Å². The van der Waals surface area contributed by atoms with E-state index in [-0.39, 0.29) is 24.9 Å². The first-order chi connectivity index (χ1) is 27.5. The second-order valence-electron chi connectivity index (χ2n) is 16.1. The molecule has 0 fully saturated rings. The molecule has 0 aliphatic heterocycles. The lowest BCUT2D eigenvalue weighted by Gasteiger charge is -2.24. The first-order valence-electron chi connectivity index (χ1n) is 23.9. The van der Waals surface area contributed by atoms with E-state index in [2.05, 4.69) is 74.7 Å². The number of amides is 1. The van der Waals surface area contributed by atoms with Crippen LogP contribution >= 0.6 is 0 Å². The maximum Gasteiger partial charge on any atom is 0.306 e. The predicted molar refractivity (Wildman–Crippen MR) is 241 cm³/mol. The first kappa shape index (κ1) is 53.8. The topological polar surface area (TPSA) is 95.9 Å². The zero-order valence-corrected chi connectivity index (χ0v) is 37.0. The Kier molecular flexibility index (Phi) is 42.2. The highest BCUT2D eigenvalue weighted by Crippen LogP contribution is 2.17. The van der Waals surface area contributed by atoms with Gasteiger partial charge in [-0.3, -0.25) is 9.59 Å². The van der Waals surface area contributed by atoms with E-state index in [0.29, 0.717) is 19.3 Å². The number of aliphatic hydroxyl groups excluding tert-OH is 2. The molecule has 0 bridgehead atoms. The van der Waals surface area contributed by atoms with Gasteiger partial charge in [-0.05, 0) is 83.5 Å². The first-order valence-corrected chi connectivity index (χ1v) is 23.9. The van der Waals surface area contributed by atoms with Crippen molar-refractivity contribution >= 4 is 11.9 Å². The summed E-state index contributed by atoms with van der Waals surface area (Å²) in [5.74, 6) is -0.523. The van der Waals surface area contributed by atoms with Gasteiger partial charge in [0.25, 0.3) is 0 Å². The number of esters is 1. The molecule has 0 spiro atoms. The molecular formula is C50H91NO5. The highest BCUT2D eigenvalue weighted by atomic mass is 16.5. The molecule has 0 aliphatic carbocycles. The number of aliphatic hydroxyl groups is 2. The number of hydrogen-bond donors (Lipinski definition) is 3. The van der Waals surface area contributed by atoms with Crippen LogP contribution in [-0.2, 0) is 14.3 Å². The smallest absolute Gasteiger partial charge is 0.306 e. The molecule has 0 saturated heterocycles. The molecule has 0 heterocycles. The van der Waals surface area contributed by atoms with E-state index in [1.54, 1.807) is 0 Å². The molecule has 56 heavy (non-hydrogen) atoms. The van der Waals surface area contributed by atoms with Gasteiger partial charge in [0.15, 0.2) is 0 Å². The van der Waals surface area contributed by atoms with Crippen LogP contribution in [-0.4, -0.2) is 46.9 Å². The second kappa shape index (κ2) is 43.9. The molecule has 3 N–H and O–H groups in total. The average Bonchev–Trinajstić information content (AvgIpc) is 3.19. The number of ether oxygens (including phenoxy) is 1. The standard InChI is InChI=1S/C50H91NO5/c1-4-7-10-13-16-19-21-23-24-25-26-28-31-34-37-40-43-50(55)56-46(41-38-35-32-30-27-22-20-17-14-11-8-5-2)44-49(54)51-47(45-52)48(53)42-39-36-33-29-18-15-12-9-6-3/h8,11,17,20,24-25,27,30,46-48,52-53H,4-7,9-10,12-16,18-19,21-23,26,28-29,31-45H2,1-3H3,(H,51,54)/b11-8+,20-17+,25-24+,30-27+. The minimum Gasteiger partial charge on any atom is -0.462 e. The van der Waals surface area contributed by atoms with Gasteiger partial charge in [0, 0.05) is 6.42 Å².